The summed E-state index contributed by atoms with van der Waals surface area (Å²) >= 11 is 1.61. The summed E-state index contributed by atoms with van der Waals surface area (Å²) in [5, 5.41) is 9.28. The molecule has 4 heterocycles. The number of hydrogen-bond donors (Lipinski definition) is 1. The zero-order valence-corrected chi connectivity index (χ0v) is 14.9. The summed E-state index contributed by atoms with van der Waals surface area (Å²) in [6.45, 7) is 0.600. The number of fused-ring (bicyclic) bond motifs is 2. The first kappa shape index (κ1) is 15.8. The van der Waals surface area contributed by atoms with Crippen LogP contribution in [0.5, 0.6) is 11.5 Å². The third-order valence-corrected chi connectivity index (χ3v) is 5.20. The predicted octanol–water partition coefficient (Wildman–Crippen LogP) is 3.12. The third kappa shape index (κ3) is 2.80. The topological polar surface area (TPSA) is 77.8 Å². The smallest absolute Gasteiger partial charge is 0.257 e. The fraction of sp³-hybridized carbons (Fsp3) is 0.105. The standard InChI is InChI=1S/C19H14N4O3S/c24-19(21-9-12-3-4-15-16(8-12)26-11-25-15)13-10-22-23-14(5-6-20-18(13)23)17-2-1-7-27-17/h1-8,10H,9,11H2,(H,21,24). The van der Waals surface area contributed by atoms with Gasteiger partial charge in [-0.15, -0.1) is 11.3 Å². The van der Waals surface area contributed by atoms with Crippen LogP contribution in [-0.2, 0) is 6.54 Å². The van der Waals surface area contributed by atoms with Crippen molar-refractivity contribution in [2.24, 2.45) is 0 Å². The minimum atomic E-state index is -0.224. The van der Waals surface area contributed by atoms with Crippen molar-refractivity contribution in [1.29, 1.82) is 0 Å². The highest BCUT2D eigenvalue weighted by atomic mass is 32.1. The average molecular weight is 378 g/mol. The molecule has 5 rings (SSSR count). The van der Waals surface area contributed by atoms with Gasteiger partial charge in [0.1, 0.15) is 5.56 Å². The second-order valence-corrected chi connectivity index (χ2v) is 6.92. The lowest BCUT2D eigenvalue weighted by Gasteiger charge is -2.06. The van der Waals surface area contributed by atoms with Gasteiger partial charge in [-0.25, -0.2) is 9.50 Å². The van der Waals surface area contributed by atoms with Crippen molar-refractivity contribution in [1.82, 2.24) is 19.9 Å². The molecule has 0 spiro atoms. The number of rotatable bonds is 4. The molecule has 134 valence electrons. The molecular formula is C19H14N4O3S. The van der Waals surface area contributed by atoms with Gasteiger partial charge in [0.05, 0.1) is 16.8 Å². The fourth-order valence-electron chi connectivity index (χ4n) is 2.99. The van der Waals surface area contributed by atoms with Crippen molar-refractivity contribution in [3.63, 3.8) is 0 Å². The molecule has 0 bridgehead atoms. The van der Waals surface area contributed by atoms with Crippen LogP contribution in [0.3, 0.4) is 0 Å². The summed E-state index contributed by atoms with van der Waals surface area (Å²) in [5.74, 6) is 1.19. The van der Waals surface area contributed by atoms with Crippen molar-refractivity contribution in [2.45, 2.75) is 6.54 Å². The molecule has 0 radical (unpaired) electrons. The molecule has 1 aliphatic heterocycles. The molecule has 0 atom stereocenters. The van der Waals surface area contributed by atoms with Gasteiger partial charge in [0.2, 0.25) is 6.79 Å². The van der Waals surface area contributed by atoms with Crippen LogP contribution in [0.15, 0.2) is 54.2 Å². The van der Waals surface area contributed by atoms with Gasteiger partial charge in [-0.2, -0.15) is 5.10 Å². The van der Waals surface area contributed by atoms with Gasteiger partial charge in [0.25, 0.3) is 5.91 Å². The molecule has 0 fully saturated rings. The number of carbonyl (C=O) groups is 1. The number of benzene rings is 1. The van der Waals surface area contributed by atoms with Gasteiger partial charge < -0.3 is 14.8 Å². The number of ether oxygens (including phenoxy) is 2. The third-order valence-electron chi connectivity index (χ3n) is 4.31. The quantitative estimate of drug-likeness (QED) is 0.590. The van der Waals surface area contributed by atoms with Gasteiger partial charge in [0, 0.05) is 12.7 Å². The number of thiophene rings is 1. The van der Waals surface area contributed by atoms with Gasteiger partial charge in [-0.05, 0) is 35.2 Å². The number of nitrogens with zero attached hydrogens (tertiary/aromatic N) is 3. The second-order valence-electron chi connectivity index (χ2n) is 5.97. The first-order chi connectivity index (χ1) is 13.3. The molecule has 8 heteroatoms. The molecule has 1 aliphatic rings. The van der Waals surface area contributed by atoms with Gasteiger partial charge in [-0.3, -0.25) is 4.79 Å². The van der Waals surface area contributed by atoms with E-state index in [9.17, 15) is 4.79 Å². The van der Waals surface area contributed by atoms with Crippen LogP contribution in [0.1, 0.15) is 15.9 Å². The minimum absolute atomic E-state index is 0.224. The number of amides is 1. The SMILES string of the molecule is O=C(NCc1ccc2c(c1)OCO2)c1cnn2c(-c3cccs3)ccnc12. The van der Waals surface area contributed by atoms with Gasteiger partial charge >= 0.3 is 0 Å². The molecule has 0 saturated carbocycles. The number of aromatic nitrogens is 3. The van der Waals surface area contributed by atoms with Crippen molar-refractivity contribution in [3.8, 4) is 22.1 Å². The molecule has 1 amide bonds. The van der Waals surface area contributed by atoms with Crippen LogP contribution in [0.25, 0.3) is 16.2 Å². The molecule has 0 unspecified atom stereocenters. The fourth-order valence-corrected chi connectivity index (χ4v) is 3.73. The molecule has 7 nitrogen and oxygen atoms in total. The Hall–Kier alpha value is -3.39. The maximum Gasteiger partial charge on any atom is 0.257 e. The summed E-state index contributed by atoms with van der Waals surface area (Å²) in [5.41, 5.74) is 2.80. The first-order valence-electron chi connectivity index (χ1n) is 8.33. The molecule has 3 aromatic heterocycles. The first-order valence-corrected chi connectivity index (χ1v) is 9.21. The molecule has 27 heavy (non-hydrogen) atoms. The highest BCUT2D eigenvalue weighted by molar-refractivity contribution is 7.13. The highest BCUT2D eigenvalue weighted by Gasteiger charge is 2.17. The van der Waals surface area contributed by atoms with Gasteiger partial charge in [-0.1, -0.05) is 12.1 Å². The largest absolute Gasteiger partial charge is 0.454 e. The number of carbonyl (C=O) groups excluding carboxylic acids is 1. The molecule has 1 N–H and O–H groups in total. The number of hydrogen-bond acceptors (Lipinski definition) is 6. The Morgan fingerprint density at radius 2 is 2.15 bits per heavy atom. The Bertz CT molecular complexity index is 1140. The van der Waals surface area contributed by atoms with Crippen LogP contribution in [0.4, 0.5) is 0 Å². The van der Waals surface area contributed by atoms with Crippen molar-refractivity contribution in [3.05, 3.63) is 65.3 Å². The lowest BCUT2D eigenvalue weighted by Crippen LogP contribution is -2.22. The average Bonchev–Trinajstić information content (AvgIpc) is 3.45. The van der Waals surface area contributed by atoms with Gasteiger partial charge in [0.15, 0.2) is 17.1 Å². The zero-order chi connectivity index (χ0) is 18.2. The molecule has 4 aromatic rings. The molecule has 1 aromatic carbocycles. The van der Waals surface area contributed by atoms with E-state index in [1.165, 1.54) is 0 Å². The summed E-state index contributed by atoms with van der Waals surface area (Å²) in [7, 11) is 0. The monoisotopic (exact) mass is 378 g/mol. The van der Waals surface area contributed by atoms with Crippen LogP contribution in [0.2, 0.25) is 0 Å². The van der Waals surface area contributed by atoms with E-state index in [2.05, 4.69) is 15.4 Å². The number of nitrogens with one attached hydrogen (secondary N) is 1. The lowest BCUT2D eigenvalue weighted by molar-refractivity contribution is 0.0952. The van der Waals surface area contributed by atoms with E-state index >= 15 is 0 Å². The zero-order valence-electron chi connectivity index (χ0n) is 14.1. The van der Waals surface area contributed by atoms with E-state index < -0.39 is 0 Å². The molecular weight excluding hydrogens is 364 g/mol. The Morgan fingerprint density at radius 3 is 3.04 bits per heavy atom. The molecule has 0 aliphatic carbocycles. The predicted molar refractivity (Wildman–Crippen MR) is 100 cm³/mol. The van der Waals surface area contributed by atoms with Crippen LogP contribution >= 0.6 is 11.3 Å². The van der Waals surface area contributed by atoms with Crippen LogP contribution < -0.4 is 14.8 Å². The molecule has 0 saturated heterocycles. The van der Waals surface area contributed by atoms with Crippen molar-refractivity contribution in [2.75, 3.05) is 6.79 Å². The Labute approximate surface area is 158 Å². The van der Waals surface area contributed by atoms with Crippen LogP contribution in [0, 0.1) is 0 Å². The summed E-state index contributed by atoms with van der Waals surface area (Å²) in [6.07, 6.45) is 3.25. The normalized spacial score (nSPS) is 12.4. The van der Waals surface area contributed by atoms with E-state index in [0.29, 0.717) is 23.5 Å². The Kier molecular flexibility index (Phi) is 3.75. The Morgan fingerprint density at radius 1 is 1.22 bits per heavy atom. The lowest BCUT2D eigenvalue weighted by atomic mass is 10.2. The van der Waals surface area contributed by atoms with E-state index in [1.807, 2.05) is 41.8 Å². The summed E-state index contributed by atoms with van der Waals surface area (Å²) in [4.78, 5) is 18.1. The van der Waals surface area contributed by atoms with E-state index in [1.54, 1.807) is 28.2 Å². The van der Waals surface area contributed by atoms with Crippen molar-refractivity contribution < 1.29 is 14.3 Å². The van der Waals surface area contributed by atoms with Crippen molar-refractivity contribution >= 4 is 22.9 Å². The summed E-state index contributed by atoms with van der Waals surface area (Å²) < 4.78 is 12.4. The maximum absolute atomic E-state index is 12.7. The Balaban J connectivity index is 1.39. The van der Waals surface area contributed by atoms with E-state index in [4.69, 9.17) is 9.47 Å². The van der Waals surface area contributed by atoms with Crippen LogP contribution in [-0.4, -0.2) is 27.3 Å². The maximum atomic E-state index is 12.7. The summed E-state index contributed by atoms with van der Waals surface area (Å²) in [6, 6.07) is 11.5. The highest BCUT2D eigenvalue weighted by Crippen LogP contribution is 2.32. The second kappa shape index (κ2) is 6.40. The van der Waals surface area contributed by atoms with E-state index in [-0.39, 0.29) is 12.7 Å². The van der Waals surface area contributed by atoms with E-state index in [0.717, 1.165) is 21.9 Å². The minimum Gasteiger partial charge on any atom is -0.454 e.